The third-order valence-electron chi connectivity index (χ3n) is 2.90. The van der Waals surface area contributed by atoms with Crippen molar-refractivity contribution in [1.82, 2.24) is 14.8 Å². The van der Waals surface area contributed by atoms with Crippen LogP contribution in [0.25, 0.3) is 11.8 Å². The Morgan fingerprint density at radius 2 is 1.95 bits per heavy atom. The topological polar surface area (TPSA) is 50.9 Å². The summed E-state index contributed by atoms with van der Waals surface area (Å²) in [5.41, 5.74) is 1.47. The monoisotopic (exact) mass is 257 g/mol. The molecular weight excluding hydrogens is 238 g/mol. The van der Waals surface area contributed by atoms with E-state index < -0.39 is 6.10 Å². The lowest BCUT2D eigenvalue weighted by Gasteiger charge is -2.27. The van der Waals surface area contributed by atoms with Crippen LogP contribution in [0, 0.1) is 5.41 Å². The van der Waals surface area contributed by atoms with Crippen LogP contribution in [0.3, 0.4) is 0 Å². The van der Waals surface area contributed by atoms with Gasteiger partial charge in [0.15, 0.2) is 0 Å². The average Bonchev–Trinajstić information content (AvgIpc) is 2.89. The molecule has 1 atom stereocenters. The van der Waals surface area contributed by atoms with Crippen LogP contribution >= 0.6 is 0 Å². The highest BCUT2D eigenvalue weighted by molar-refractivity contribution is 5.72. The molecule has 2 aromatic rings. The molecule has 4 heteroatoms. The molecule has 2 rings (SSSR count). The van der Waals surface area contributed by atoms with Gasteiger partial charge in [-0.25, -0.2) is 9.67 Å². The first-order valence-electron chi connectivity index (χ1n) is 6.28. The maximum atomic E-state index is 10.5. The number of aliphatic hydroxyl groups excluding tert-OH is 1. The Morgan fingerprint density at radius 1 is 1.26 bits per heavy atom. The molecule has 0 aliphatic rings. The van der Waals surface area contributed by atoms with E-state index in [2.05, 4.69) is 10.1 Å². The van der Waals surface area contributed by atoms with Gasteiger partial charge in [0.05, 0.1) is 5.70 Å². The highest BCUT2D eigenvalue weighted by atomic mass is 16.3. The van der Waals surface area contributed by atoms with Crippen LogP contribution in [0.15, 0.2) is 43.0 Å². The third kappa shape index (κ3) is 3.29. The van der Waals surface area contributed by atoms with Crippen LogP contribution in [0.2, 0.25) is 0 Å². The number of nitrogens with zero attached hydrogens (tertiary/aromatic N) is 3. The van der Waals surface area contributed by atoms with Gasteiger partial charge >= 0.3 is 0 Å². The summed E-state index contributed by atoms with van der Waals surface area (Å²) >= 11 is 0. The summed E-state index contributed by atoms with van der Waals surface area (Å²) in [6.45, 7) is 5.98. The molecule has 0 aliphatic heterocycles. The SMILES string of the molecule is CC(C)(C)[C@H](O)/C(=C\c1ccccc1)n1cncn1. The molecule has 0 aliphatic carbocycles. The Kier molecular flexibility index (Phi) is 3.81. The van der Waals surface area contributed by atoms with E-state index in [4.69, 9.17) is 0 Å². The van der Waals surface area contributed by atoms with E-state index in [0.29, 0.717) is 0 Å². The van der Waals surface area contributed by atoms with E-state index in [1.54, 1.807) is 11.0 Å². The van der Waals surface area contributed by atoms with Gasteiger partial charge in [0.1, 0.15) is 18.8 Å². The summed E-state index contributed by atoms with van der Waals surface area (Å²) in [4.78, 5) is 3.95. The maximum Gasteiger partial charge on any atom is 0.138 e. The van der Waals surface area contributed by atoms with E-state index in [1.165, 1.54) is 6.33 Å². The van der Waals surface area contributed by atoms with Gasteiger partial charge in [-0.2, -0.15) is 5.10 Å². The number of benzene rings is 1. The summed E-state index contributed by atoms with van der Waals surface area (Å²) < 4.78 is 1.61. The van der Waals surface area contributed by atoms with Crippen LogP contribution in [0.1, 0.15) is 26.3 Å². The number of hydrogen-bond donors (Lipinski definition) is 1. The molecule has 0 saturated heterocycles. The number of aliphatic hydroxyl groups is 1. The van der Waals surface area contributed by atoms with Gasteiger partial charge in [0.25, 0.3) is 0 Å². The molecule has 1 heterocycles. The molecule has 0 amide bonds. The molecule has 1 aromatic heterocycles. The van der Waals surface area contributed by atoms with E-state index >= 15 is 0 Å². The fourth-order valence-electron chi connectivity index (χ4n) is 1.78. The first-order chi connectivity index (χ1) is 8.98. The maximum absolute atomic E-state index is 10.5. The van der Waals surface area contributed by atoms with Crippen molar-refractivity contribution in [3.63, 3.8) is 0 Å². The van der Waals surface area contributed by atoms with Crippen molar-refractivity contribution in [1.29, 1.82) is 0 Å². The van der Waals surface area contributed by atoms with Gasteiger partial charge in [0, 0.05) is 0 Å². The molecule has 0 unspecified atom stereocenters. The standard InChI is InChI=1S/C15H19N3O/c1-15(2,3)14(19)13(18-11-16-10-17-18)9-12-7-5-4-6-8-12/h4-11,14,19H,1-3H3/b13-9+/t14-/m1/s1. The van der Waals surface area contributed by atoms with Crippen molar-refractivity contribution >= 4 is 11.8 Å². The molecule has 19 heavy (non-hydrogen) atoms. The first-order valence-corrected chi connectivity index (χ1v) is 6.28. The molecule has 1 aromatic carbocycles. The summed E-state index contributed by atoms with van der Waals surface area (Å²) in [5, 5.41) is 14.6. The van der Waals surface area contributed by atoms with Crippen LogP contribution in [0.4, 0.5) is 0 Å². The van der Waals surface area contributed by atoms with Gasteiger partial charge in [0.2, 0.25) is 0 Å². The molecular formula is C15H19N3O. The van der Waals surface area contributed by atoms with E-state index in [-0.39, 0.29) is 5.41 Å². The second kappa shape index (κ2) is 5.36. The van der Waals surface area contributed by atoms with Crippen LogP contribution < -0.4 is 0 Å². The Morgan fingerprint density at radius 3 is 2.47 bits per heavy atom. The Balaban J connectivity index is 2.44. The fourth-order valence-corrected chi connectivity index (χ4v) is 1.78. The lowest BCUT2D eigenvalue weighted by molar-refractivity contribution is 0.109. The average molecular weight is 257 g/mol. The van der Waals surface area contributed by atoms with Crippen molar-refractivity contribution < 1.29 is 5.11 Å². The molecule has 1 N–H and O–H groups in total. The second-order valence-electron chi connectivity index (χ2n) is 5.59. The van der Waals surface area contributed by atoms with E-state index in [9.17, 15) is 5.11 Å². The highest BCUT2D eigenvalue weighted by Crippen LogP contribution is 2.28. The van der Waals surface area contributed by atoms with Crippen LogP contribution in [-0.4, -0.2) is 26.0 Å². The molecule has 0 bridgehead atoms. The van der Waals surface area contributed by atoms with Crippen molar-refractivity contribution in [3.8, 4) is 0 Å². The summed E-state index contributed by atoms with van der Waals surface area (Å²) in [6.07, 6.45) is 4.37. The summed E-state index contributed by atoms with van der Waals surface area (Å²) in [6, 6.07) is 9.88. The van der Waals surface area contributed by atoms with E-state index in [0.717, 1.165) is 11.3 Å². The predicted octanol–water partition coefficient (Wildman–Crippen LogP) is 2.68. The quantitative estimate of drug-likeness (QED) is 0.919. The molecule has 0 fully saturated rings. The van der Waals surface area contributed by atoms with Gasteiger partial charge in [-0.15, -0.1) is 0 Å². The molecule has 0 saturated carbocycles. The van der Waals surface area contributed by atoms with Gasteiger partial charge in [-0.3, -0.25) is 0 Å². The van der Waals surface area contributed by atoms with Crippen molar-refractivity contribution in [2.24, 2.45) is 5.41 Å². The van der Waals surface area contributed by atoms with Gasteiger partial charge in [-0.05, 0) is 17.1 Å². The summed E-state index contributed by atoms with van der Waals surface area (Å²) in [5.74, 6) is 0. The van der Waals surface area contributed by atoms with Crippen molar-refractivity contribution in [2.45, 2.75) is 26.9 Å². The second-order valence-corrected chi connectivity index (χ2v) is 5.59. The third-order valence-corrected chi connectivity index (χ3v) is 2.90. The lowest BCUT2D eigenvalue weighted by atomic mass is 9.86. The lowest BCUT2D eigenvalue weighted by Crippen LogP contribution is -2.29. The minimum atomic E-state index is -0.630. The van der Waals surface area contributed by atoms with Gasteiger partial charge < -0.3 is 5.11 Å². The van der Waals surface area contributed by atoms with Gasteiger partial charge in [-0.1, -0.05) is 51.1 Å². The molecule has 0 radical (unpaired) electrons. The Hall–Kier alpha value is -1.94. The highest BCUT2D eigenvalue weighted by Gasteiger charge is 2.27. The Labute approximate surface area is 113 Å². The minimum Gasteiger partial charge on any atom is -0.386 e. The summed E-state index contributed by atoms with van der Waals surface area (Å²) in [7, 11) is 0. The Bertz CT molecular complexity index is 539. The van der Waals surface area contributed by atoms with Crippen molar-refractivity contribution in [3.05, 3.63) is 48.5 Å². The zero-order valence-corrected chi connectivity index (χ0v) is 11.5. The minimum absolute atomic E-state index is 0.271. The molecule has 0 spiro atoms. The van der Waals surface area contributed by atoms with Crippen LogP contribution in [0.5, 0.6) is 0 Å². The largest absolute Gasteiger partial charge is 0.386 e. The van der Waals surface area contributed by atoms with Crippen molar-refractivity contribution in [2.75, 3.05) is 0 Å². The molecule has 100 valence electrons. The zero-order valence-electron chi connectivity index (χ0n) is 11.5. The zero-order chi connectivity index (χ0) is 13.9. The fraction of sp³-hybridized carbons (Fsp3) is 0.333. The number of rotatable bonds is 3. The molecule has 4 nitrogen and oxygen atoms in total. The first kappa shape index (κ1) is 13.5. The van der Waals surface area contributed by atoms with E-state index in [1.807, 2.05) is 57.2 Å². The normalized spacial score (nSPS) is 14.4. The predicted molar refractivity (Wildman–Crippen MR) is 76.1 cm³/mol. The van der Waals surface area contributed by atoms with Crippen LogP contribution in [-0.2, 0) is 0 Å². The number of hydrogen-bond acceptors (Lipinski definition) is 3. The smallest absolute Gasteiger partial charge is 0.138 e. The number of aromatic nitrogens is 3.